The first-order chi connectivity index (χ1) is 9.13. The predicted octanol–water partition coefficient (Wildman–Crippen LogP) is 2.63. The van der Waals surface area contributed by atoms with Crippen molar-refractivity contribution >= 4 is 17.3 Å². The third-order valence-corrected chi connectivity index (χ3v) is 5.16. The fourth-order valence-electron chi connectivity index (χ4n) is 4.81. The maximum absolute atomic E-state index is 5.77. The lowest BCUT2D eigenvalue weighted by Crippen LogP contribution is -2.49. The van der Waals surface area contributed by atoms with Crippen LogP contribution in [-0.2, 0) is 0 Å². The molecular formula is C13H20N6. The molecule has 0 unspecified atom stereocenters. The molecule has 0 radical (unpaired) electrons. The van der Waals surface area contributed by atoms with E-state index in [0.717, 1.165) is 17.8 Å². The normalized spacial score (nSPS) is 40.3. The lowest BCUT2D eigenvalue weighted by Gasteiger charge is -2.54. The van der Waals surface area contributed by atoms with Gasteiger partial charge in [0.2, 0.25) is 0 Å². The SMILES string of the molecule is Nc1n[nH]c(N)c1N=NC12CC3CC(CC(C3)C1)C2. The second-order valence-corrected chi connectivity index (χ2v) is 6.71. The zero-order valence-electron chi connectivity index (χ0n) is 11.0. The van der Waals surface area contributed by atoms with E-state index in [1.165, 1.54) is 38.5 Å². The third-order valence-electron chi connectivity index (χ3n) is 5.16. The highest BCUT2D eigenvalue weighted by Gasteiger charge is 2.51. The summed E-state index contributed by atoms with van der Waals surface area (Å²) in [5.41, 5.74) is 12.1. The number of hydrogen-bond acceptors (Lipinski definition) is 5. The van der Waals surface area contributed by atoms with Gasteiger partial charge in [-0.1, -0.05) is 0 Å². The van der Waals surface area contributed by atoms with E-state index in [1.54, 1.807) is 0 Å². The zero-order chi connectivity index (χ0) is 13.0. The summed E-state index contributed by atoms with van der Waals surface area (Å²) in [6, 6.07) is 0. The minimum Gasteiger partial charge on any atom is -0.382 e. The standard InChI is InChI=1S/C13H20N6/c14-11-10(12(15)18-17-11)16-19-13-4-7-1-8(5-13)3-9(2-7)6-13/h7-9H,1-6H2,(H5,14,15,17,18). The van der Waals surface area contributed by atoms with Crippen molar-refractivity contribution in [3.8, 4) is 0 Å². The number of rotatable bonds is 2. The molecule has 4 fully saturated rings. The molecule has 5 rings (SSSR count). The fourth-order valence-corrected chi connectivity index (χ4v) is 4.81. The summed E-state index contributed by atoms with van der Waals surface area (Å²) in [6.07, 6.45) is 7.81. The first-order valence-corrected chi connectivity index (χ1v) is 7.16. The molecule has 4 saturated carbocycles. The summed E-state index contributed by atoms with van der Waals surface area (Å²) in [7, 11) is 0. The molecular weight excluding hydrogens is 240 g/mol. The monoisotopic (exact) mass is 260 g/mol. The van der Waals surface area contributed by atoms with Crippen LogP contribution in [0.5, 0.6) is 0 Å². The van der Waals surface area contributed by atoms with Crippen molar-refractivity contribution in [3.05, 3.63) is 0 Å². The second-order valence-electron chi connectivity index (χ2n) is 6.71. The van der Waals surface area contributed by atoms with Crippen molar-refractivity contribution in [1.29, 1.82) is 0 Å². The summed E-state index contributed by atoms with van der Waals surface area (Å²) < 4.78 is 0. The molecule has 19 heavy (non-hydrogen) atoms. The van der Waals surface area contributed by atoms with Crippen LogP contribution in [-0.4, -0.2) is 15.7 Å². The number of anilines is 2. The quantitative estimate of drug-likeness (QED) is 0.711. The summed E-state index contributed by atoms with van der Waals surface area (Å²) in [4.78, 5) is 0. The summed E-state index contributed by atoms with van der Waals surface area (Å²) in [5, 5.41) is 15.5. The first kappa shape index (κ1) is 11.3. The highest BCUT2D eigenvalue weighted by molar-refractivity contribution is 5.69. The Labute approximate surface area is 112 Å². The molecule has 4 aliphatic carbocycles. The molecule has 1 aromatic rings. The number of aromatic nitrogens is 2. The van der Waals surface area contributed by atoms with Crippen molar-refractivity contribution in [3.63, 3.8) is 0 Å². The van der Waals surface area contributed by atoms with Gasteiger partial charge in [-0.25, -0.2) is 0 Å². The van der Waals surface area contributed by atoms with Crippen molar-refractivity contribution in [2.75, 3.05) is 11.5 Å². The van der Waals surface area contributed by atoms with Gasteiger partial charge in [0.1, 0.15) is 5.82 Å². The number of nitrogens with zero attached hydrogens (tertiary/aromatic N) is 3. The van der Waals surface area contributed by atoms with E-state index >= 15 is 0 Å². The molecule has 0 aromatic carbocycles. The summed E-state index contributed by atoms with van der Waals surface area (Å²) >= 11 is 0. The Kier molecular flexibility index (Phi) is 2.20. The molecule has 6 nitrogen and oxygen atoms in total. The largest absolute Gasteiger partial charge is 0.382 e. The molecule has 1 aromatic heterocycles. The van der Waals surface area contributed by atoms with E-state index in [-0.39, 0.29) is 5.54 Å². The number of hydrogen-bond donors (Lipinski definition) is 3. The predicted molar refractivity (Wildman–Crippen MR) is 72.8 cm³/mol. The molecule has 6 heteroatoms. The van der Waals surface area contributed by atoms with Crippen molar-refractivity contribution < 1.29 is 0 Å². The van der Waals surface area contributed by atoms with Crippen LogP contribution in [0.1, 0.15) is 38.5 Å². The molecule has 4 bridgehead atoms. The highest BCUT2D eigenvalue weighted by Crippen LogP contribution is 2.57. The van der Waals surface area contributed by atoms with Gasteiger partial charge in [0.05, 0.1) is 5.54 Å². The number of H-pyrrole nitrogens is 1. The summed E-state index contributed by atoms with van der Waals surface area (Å²) in [5.74, 6) is 3.34. The Morgan fingerprint density at radius 3 is 2.11 bits per heavy atom. The molecule has 102 valence electrons. The van der Waals surface area contributed by atoms with E-state index in [4.69, 9.17) is 11.5 Å². The van der Waals surface area contributed by atoms with Gasteiger partial charge in [0.25, 0.3) is 0 Å². The fraction of sp³-hybridized carbons (Fsp3) is 0.769. The number of nitrogen functional groups attached to an aromatic ring is 2. The van der Waals surface area contributed by atoms with Gasteiger partial charge in [-0.3, -0.25) is 5.10 Å². The van der Waals surface area contributed by atoms with E-state index in [2.05, 4.69) is 20.4 Å². The Bertz CT molecular complexity index is 476. The van der Waals surface area contributed by atoms with Crippen LogP contribution in [0.25, 0.3) is 0 Å². The maximum atomic E-state index is 5.77. The second kappa shape index (κ2) is 3.71. The Morgan fingerprint density at radius 1 is 1.05 bits per heavy atom. The topological polar surface area (TPSA) is 105 Å². The zero-order valence-corrected chi connectivity index (χ0v) is 11.0. The molecule has 0 aliphatic heterocycles. The van der Waals surface area contributed by atoms with Crippen molar-refractivity contribution in [2.24, 2.45) is 28.0 Å². The highest BCUT2D eigenvalue weighted by atomic mass is 15.3. The Morgan fingerprint density at radius 2 is 1.63 bits per heavy atom. The molecule has 0 spiro atoms. The van der Waals surface area contributed by atoms with Gasteiger partial charge < -0.3 is 11.5 Å². The van der Waals surface area contributed by atoms with Gasteiger partial charge in [-0.15, -0.1) is 5.11 Å². The van der Waals surface area contributed by atoms with Crippen LogP contribution in [0.2, 0.25) is 0 Å². The number of nitrogens with two attached hydrogens (primary N) is 2. The molecule has 0 atom stereocenters. The van der Waals surface area contributed by atoms with Gasteiger partial charge in [0, 0.05) is 0 Å². The van der Waals surface area contributed by atoms with Crippen molar-refractivity contribution in [2.45, 2.75) is 44.1 Å². The maximum Gasteiger partial charge on any atom is 0.175 e. The van der Waals surface area contributed by atoms with E-state index in [0.29, 0.717) is 17.3 Å². The summed E-state index contributed by atoms with van der Waals surface area (Å²) in [6.45, 7) is 0. The van der Waals surface area contributed by atoms with Crippen LogP contribution in [0, 0.1) is 17.8 Å². The van der Waals surface area contributed by atoms with Gasteiger partial charge in [-0.2, -0.15) is 10.2 Å². The molecule has 0 amide bonds. The van der Waals surface area contributed by atoms with Gasteiger partial charge >= 0.3 is 0 Å². The van der Waals surface area contributed by atoms with Crippen LogP contribution < -0.4 is 11.5 Å². The minimum atomic E-state index is 0.0604. The van der Waals surface area contributed by atoms with Gasteiger partial charge in [-0.05, 0) is 56.3 Å². The van der Waals surface area contributed by atoms with Crippen LogP contribution in [0.3, 0.4) is 0 Å². The lowest BCUT2D eigenvalue weighted by atomic mass is 9.53. The third kappa shape index (κ3) is 1.73. The number of aromatic amines is 1. The Hall–Kier alpha value is -1.59. The molecule has 4 aliphatic rings. The molecule has 0 saturated heterocycles. The van der Waals surface area contributed by atoms with Crippen molar-refractivity contribution in [1.82, 2.24) is 10.2 Å². The molecule has 5 N–H and O–H groups in total. The van der Waals surface area contributed by atoms with Crippen LogP contribution in [0.4, 0.5) is 17.3 Å². The van der Waals surface area contributed by atoms with E-state index in [9.17, 15) is 0 Å². The Balaban J connectivity index is 1.63. The van der Waals surface area contributed by atoms with Crippen LogP contribution >= 0.6 is 0 Å². The number of nitrogens with one attached hydrogen (secondary N) is 1. The molecule has 1 heterocycles. The van der Waals surface area contributed by atoms with Gasteiger partial charge in [0.15, 0.2) is 11.5 Å². The average molecular weight is 260 g/mol. The lowest BCUT2D eigenvalue weighted by molar-refractivity contribution is -0.00154. The van der Waals surface area contributed by atoms with Crippen LogP contribution in [0.15, 0.2) is 10.2 Å². The van der Waals surface area contributed by atoms with E-state index < -0.39 is 0 Å². The number of azo groups is 1. The average Bonchev–Trinajstić information content (AvgIpc) is 2.65. The first-order valence-electron chi connectivity index (χ1n) is 7.16. The minimum absolute atomic E-state index is 0.0604. The van der Waals surface area contributed by atoms with E-state index in [1.807, 2.05) is 0 Å². The smallest absolute Gasteiger partial charge is 0.175 e.